The lowest BCUT2D eigenvalue weighted by molar-refractivity contribution is 0.102. The summed E-state index contributed by atoms with van der Waals surface area (Å²) in [4.78, 5) is 15.9. The topological polar surface area (TPSA) is 71.5 Å². The maximum Gasteiger partial charge on any atom is 0.255 e. The van der Waals surface area contributed by atoms with Crippen molar-refractivity contribution in [2.75, 3.05) is 11.9 Å². The van der Waals surface area contributed by atoms with E-state index in [4.69, 9.17) is 9.84 Å². The molecule has 0 bridgehead atoms. The molecule has 0 saturated heterocycles. The minimum absolute atomic E-state index is 0.124. The number of rotatable bonds is 4. The van der Waals surface area contributed by atoms with E-state index < -0.39 is 0 Å². The van der Waals surface area contributed by atoms with Crippen LogP contribution in [-0.4, -0.2) is 22.6 Å². The molecular formula is C14H14N2O3. The number of pyridine rings is 1. The smallest absolute Gasteiger partial charge is 0.255 e. The molecule has 1 aromatic heterocycles. The van der Waals surface area contributed by atoms with Gasteiger partial charge in [-0.15, -0.1) is 0 Å². The molecule has 0 spiro atoms. The highest BCUT2D eigenvalue weighted by atomic mass is 16.5. The van der Waals surface area contributed by atoms with Gasteiger partial charge in [0, 0.05) is 11.6 Å². The molecule has 1 heterocycles. The third-order valence-corrected chi connectivity index (χ3v) is 2.42. The SMILES string of the molecule is CCOc1ccc(NC(=O)c2ccc(O)cc2)cn1. The van der Waals surface area contributed by atoms with E-state index in [1.165, 1.54) is 18.3 Å². The van der Waals surface area contributed by atoms with Crippen LogP contribution in [0, 0.1) is 0 Å². The first kappa shape index (κ1) is 12.9. The van der Waals surface area contributed by atoms with E-state index in [-0.39, 0.29) is 11.7 Å². The number of anilines is 1. The van der Waals surface area contributed by atoms with Crippen LogP contribution >= 0.6 is 0 Å². The van der Waals surface area contributed by atoms with Crippen molar-refractivity contribution < 1.29 is 14.6 Å². The zero-order valence-corrected chi connectivity index (χ0v) is 10.5. The molecule has 0 aliphatic heterocycles. The van der Waals surface area contributed by atoms with Gasteiger partial charge in [0.05, 0.1) is 18.5 Å². The Morgan fingerprint density at radius 3 is 2.58 bits per heavy atom. The second kappa shape index (κ2) is 5.86. The maximum atomic E-state index is 11.9. The predicted molar refractivity (Wildman–Crippen MR) is 71.5 cm³/mol. The van der Waals surface area contributed by atoms with Crippen molar-refractivity contribution >= 4 is 11.6 Å². The fourth-order valence-corrected chi connectivity index (χ4v) is 1.50. The zero-order valence-electron chi connectivity index (χ0n) is 10.5. The van der Waals surface area contributed by atoms with Gasteiger partial charge < -0.3 is 15.2 Å². The summed E-state index contributed by atoms with van der Waals surface area (Å²) in [5.74, 6) is 0.385. The average Bonchev–Trinajstić information content (AvgIpc) is 2.42. The Kier molecular flexibility index (Phi) is 3.97. The van der Waals surface area contributed by atoms with Crippen LogP contribution in [0.2, 0.25) is 0 Å². The van der Waals surface area contributed by atoms with Crippen LogP contribution < -0.4 is 10.1 Å². The normalized spacial score (nSPS) is 9.95. The van der Waals surface area contributed by atoms with Crippen molar-refractivity contribution in [3.63, 3.8) is 0 Å². The quantitative estimate of drug-likeness (QED) is 0.883. The van der Waals surface area contributed by atoms with Crippen molar-refractivity contribution in [1.29, 1.82) is 0 Å². The van der Waals surface area contributed by atoms with E-state index in [2.05, 4.69) is 10.3 Å². The maximum absolute atomic E-state index is 11.9. The molecule has 98 valence electrons. The summed E-state index contributed by atoms with van der Waals surface area (Å²) in [6, 6.07) is 9.43. The Morgan fingerprint density at radius 1 is 1.26 bits per heavy atom. The largest absolute Gasteiger partial charge is 0.508 e. The molecule has 0 atom stereocenters. The summed E-state index contributed by atoms with van der Waals surface area (Å²) in [6.45, 7) is 2.43. The van der Waals surface area contributed by atoms with E-state index in [0.29, 0.717) is 23.7 Å². The number of hydrogen-bond acceptors (Lipinski definition) is 4. The van der Waals surface area contributed by atoms with E-state index >= 15 is 0 Å². The monoisotopic (exact) mass is 258 g/mol. The Hall–Kier alpha value is -2.56. The Morgan fingerprint density at radius 2 is 2.00 bits per heavy atom. The van der Waals surface area contributed by atoms with Gasteiger partial charge in [-0.1, -0.05) is 0 Å². The second-order valence-corrected chi connectivity index (χ2v) is 3.82. The number of nitrogens with one attached hydrogen (secondary N) is 1. The van der Waals surface area contributed by atoms with Gasteiger partial charge in [-0.25, -0.2) is 4.98 Å². The summed E-state index contributed by atoms with van der Waals surface area (Å²) >= 11 is 0. The molecule has 19 heavy (non-hydrogen) atoms. The lowest BCUT2D eigenvalue weighted by Crippen LogP contribution is -2.11. The molecule has 1 aromatic carbocycles. The number of carbonyl (C=O) groups excluding carboxylic acids is 1. The van der Waals surface area contributed by atoms with Crippen LogP contribution in [0.25, 0.3) is 0 Å². The summed E-state index contributed by atoms with van der Waals surface area (Å²) in [6.07, 6.45) is 1.53. The molecule has 5 nitrogen and oxygen atoms in total. The number of carbonyl (C=O) groups is 1. The molecule has 1 amide bonds. The summed E-state index contributed by atoms with van der Waals surface area (Å²) in [5.41, 5.74) is 1.05. The summed E-state index contributed by atoms with van der Waals surface area (Å²) in [5, 5.41) is 11.9. The van der Waals surface area contributed by atoms with Gasteiger partial charge in [0.25, 0.3) is 5.91 Å². The van der Waals surface area contributed by atoms with E-state index in [0.717, 1.165) is 0 Å². The molecule has 0 radical (unpaired) electrons. The van der Waals surface area contributed by atoms with Crippen LogP contribution in [0.15, 0.2) is 42.6 Å². The minimum Gasteiger partial charge on any atom is -0.508 e. The van der Waals surface area contributed by atoms with Crippen molar-refractivity contribution in [2.45, 2.75) is 6.92 Å². The number of phenols is 1. The van der Waals surface area contributed by atoms with Crippen LogP contribution in [0.1, 0.15) is 17.3 Å². The molecular weight excluding hydrogens is 244 g/mol. The van der Waals surface area contributed by atoms with Gasteiger partial charge in [0.2, 0.25) is 5.88 Å². The zero-order chi connectivity index (χ0) is 13.7. The van der Waals surface area contributed by atoms with Crippen molar-refractivity contribution in [2.24, 2.45) is 0 Å². The average molecular weight is 258 g/mol. The summed E-state index contributed by atoms with van der Waals surface area (Å²) < 4.78 is 5.21. The van der Waals surface area contributed by atoms with E-state index in [9.17, 15) is 4.79 Å². The number of phenolic OH excluding ortho intramolecular Hbond substituents is 1. The van der Waals surface area contributed by atoms with Gasteiger partial charge in [-0.2, -0.15) is 0 Å². The van der Waals surface area contributed by atoms with Crippen LogP contribution in [0.5, 0.6) is 11.6 Å². The molecule has 2 rings (SSSR count). The van der Waals surface area contributed by atoms with Crippen LogP contribution in [0.3, 0.4) is 0 Å². The van der Waals surface area contributed by atoms with E-state index in [1.54, 1.807) is 24.3 Å². The third-order valence-electron chi connectivity index (χ3n) is 2.42. The lowest BCUT2D eigenvalue weighted by atomic mass is 10.2. The molecule has 0 fully saturated rings. The number of aromatic hydroxyl groups is 1. The first-order chi connectivity index (χ1) is 9.19. The second-order valence-electron chi connectivity index (χ2n) is 3.82. The van der Waals surface area contributed by atoms with Gasteiger partial charge in [0.15, 0.2) is 0 Å². The van der Waals surface area contributed by atoms with Crippen molar-refractivity contribution in [1.82, 2.24) is 4.98 Å². The molecule has 2 N–H and O–H groups in total. The number of ether oxygens (including phenoxy) is 1. The van der Waals surface area contributed by atoms with Gasteiger partial charge >= 0.3 is 0 Å². The van der Waals surface area contributed by atoms with Gasteiger partial charge in [-0.05, 0) is 37.3 Å². The number of aromatic nitrogens is 1. The van der Waals surface area contributed by atoms with Crippen molar-refractivity contribution in [3.8, 4) is 11.6 Å². The molecule has 0 saturated carbocycles. The molecule has 0 aliphatic rings. The van der Waals surface area contributed by atoms with Crippen LogP contribution in [0.4, 0.5) is 5.69 Å². The first-order valence-corrected chi connectivity index (χ1v) is 5.88. The van der Waals surface area contributed by atoms with E-state index in [1.807, 2.05) is 6.92 Å². The first-order valence-electron chi connectivity index (χ1n) is 5.88. The van der Waals surface area contributed by atoms with Gasteiger partial charge in [0.1, 0.15) is 5.75 Å². The molecule has 0 unspecified atom stereocenters. The fraction of sp³-hybridized carbons (Fsp3) is 0.143. The Labute approximate surface area is 110 Å². The number of benzene rings is 1. The molecule has 2 aromatic rings. The highest BCUT2D eigenvalue weighted by Crippen LogP contribution is 2.14. The van der Waals surface area contributed by atoms with Crippen LogP contribution in [-0.2, 0) is 0 Å². The number of amides is 1. The number of nitrogens with zero attached hydrogens (tertiary/aromatic N) is 1. The van der Waals surface area contributed by atoms with Crippen molar-refractivity contribution in [3.05, 3.63) is 48.2 Å². The van der Waals surface area contributed by atoms with Gasteiger partial charge in [-0.3, -0.25) is 4.79 Å². The highest BCUT2D eigenvalue weighted by Gasteiger charge is 2.06. The highest BCUT2D eigenvalue weighted by molar-refractivity contribution is 6.04. The third kappa shape index (κ3) is 3.45. The predicted octanol–water partition coefficient (Wildman–Crippen LogP) is 2.44. The summed E-state index contributed by atoms with van der Waals surface area (Å²) in [7, 11) is 0. The Balaban J connectivity index is 2.04. The molecule has 0 aliphatic carbocycles. The molecule has 5 heteroatoms. The standard InChI is InChI=1S/C14H14N2O3/c1-2-19-13-8-5-11(9-15-13)16-14(18)10-3-6-12(17)7-4-10/h3-9,17H,2H2,1H3,(H,16,18). The lowest BCUT2D eigenvalue weighted by Gasteiger charge is -2.06. The fourth-order valence-electron chi connectivity index (χ4n) is 1.50. The number of hydrogen-bond donors (Lipinski definition) is 2. The minimum atomic E-state index is -0.258. The Bertz CT molecular complexity index is 550.